The second kappa shape index (κ2) is 7.07. The van der Waals surface area contributed by atoms with Crippen molar-refractivity contribution in [1.82, 2.24) is 4.72 Å². The molecule has 0 amide bonds. The highest BCUT2D eigenvalue weighted by Crippen LogP contribution is 2.15. The Kier molecular flexibility index (Phi) is 5.15. The van der Waals surface area contributed by atoms with Crippen molar-refractivity contribution in [2.24, 2.45) is 0 Å². The fourth-order valence-electron chi connectivity index (χ4n) is 2.03. The van der Waals surface area contributed by atoms with Crippen LogP contribution in [0.2, 0.25) is 0 Å². The lowest BCUT2D eigenvalue weighted by atomic mass is 10.1. The summed E-state index contributed by atoms with van der Waals surface area (Å²) in [6.07, 6.45) is 0.533. The van der Waals surface area contributed by atoms with E-state index >= 15 is 0 Å². The van der Waals surface area contributed by atoms with Crippen molar-refractivity contribution in [3.63, 3.8) is 0 Å². The van der Waals surface area contributed by atoms with Gasteiger partial charge in [-0.15, -0.1) is 0 Å². The molecule has 0 fully saturated rings. The van der Waals surface area contributed by atoms with Gasteiger partial charge in [0.2, 0.25) is 10.0 Å². The van der Waals surface area contributed by atoms with Gasteiger partial charge in [-0.25, -0.2) is 13.1 Å². The molecule has 22 heavy (non-hydrogen) atoms. The van der Waals surface area contributed by atoms with Crippen LogP contribution in [-0.4, -0.2) is 22.1 Å². The van der Waals surface area contributed by atoms with Gasteiger partial charge in [0.15, 0.2) is 0 Å². The lowest BCUT2D eigenvalue weighted by Gasteiger charge is -2.08. The van der Waals surface area contributed by atoms with E-state index in [9.17, 15) is 8.42 Å². The highest BCUT2D eigenvalue weighted by Gasteiger charge is 2.17. The molecule has 0 aliphatic rings. The van der Waals surface area contributed by atoms with Crippen LogP contribution in [-0.2, 0) is 16.4 Å². The Morgan fingerprint density at radius 3 is 2.68 bits per heavy atom. The normalized spacial score (nSPS) is 10.9. The molecule has 0 aromatic heterocycles. The summed E-state index contributed by atoms with van der Waals surface area (Å²) in [6.45, 7) is 0.245. The molecular weight excluding hydrogens is 300 g/mol. The molecule has 5 nitrogen and oxygen atoms in total. The van der Waals surface area contributed by atoms with E-state index in [1.54, 1.807) is 19.2 Å². The highest BCUT2D eigenvalue weighted by molar-refractivity contribution is 7.89. The molecular formula is C16H16N2O3S. The van der Waals surface area contributed by atoms with Crippen molar-refractivity contribution in [2.45, 2.75) is 11.3 Å². The number of ether oxygens (including phenoxy) is 1. The van der Waals surface area contributed by atoms with Crippen LogP contribution in [0.5, 0.6) is 5.75 Å². The Hall–Kier alpha value is -2.36. The molecule has 0 heterocycles. The van der Waals surface area contributed by atoms with Crippen molar-refractivity contribution in [3.05, 3.63) is 59.7 Å². The molecule has 1 N–H and O–H groups in total. The number of hydrogen-bond donors (Lipinski definition) is 1. The number of hydrogen-bond acceptors (Lipinski definition) is 4. The van der Waals surface area contributed by atoms with Gasteiger partial charge in [0.1, 0.15) is 11.8 Å². The average Bonchev–Trinajstić information content (AvgIpc) is 2.55. The van der Waals surface area contributed by atoms with Gasteiger partial charge in [0.05, 0.1) is 17.6 Å². The van der Waals surface area contributed by atoms with Gasteiger partial charge >= 0.3 is 0 Å². The van der Waals surface area contributed by atoms with Crippen LogP contribution < -0.4 is 9.46 Å². The summed E-state index contributed by atoms with van der Waals surface area (Å²) in [5.41, 5.74) is 1.10. The summed E-state index contributed by atoms with van der Waals surface area (Å²) in [6, 6.07) is 15.5. The minimum Gasteiger partial charge on any atom is -0.497 e. The van der Waals surface area contributed by atoms with Gasteiger partial charge in [-0.1, -0.05) is 24.3 Å². The van der Waals surface area contributed by atoms with Gasteiger partial charge in [0, 0.05) is 6.54 Å². The average molecular weight is 316 g/mol. The summed E-state index contributed by atoms with van der Waals surface area (Å²) < 4.78 is 32.1. The summed E-state index contributed by atoms with van der Waals surface area (Å²) in [5, 5.41) is 8.99. The Balaban J connectivity index is 2.06. The molecule has 2 aromatic carbocycles. The van der Waals surface area contributed by atoms with Gasteiger partial charge in [0.25, 0.3) is 0 Å². The van der Waals surface area contributed by atoms with Crippen molar-refractivity contribution >= 4 is 10.0 Å². The Bertz CT molecular complexity index is 795. The number of rotatable bonds is 6. The second-order valence-corrected chi connectivity index (χ2v) is 6.34. The van der Waals surface area contributed by atoms with Crippen LogP contribution in [0.3, 0.4) is 0 Å². The van der Waals surface area contributed by atoms with E-state index < -0.39 is 10.0 Å². The second-order valence-electron chi connectivity index (χ2n) is 4.61. The van der Waals surface area contributed by atoms with E-state index in [0.717, 1.165) is 11.3 Å². The third kappa shape index (κ3) is 3.85. The summed E-state index contributed by atoms with van der Waals surface area (Å²) in [7, 11) is -2.11. The van der Waals surface area contributed by atoms with Crippen LogP contribution in [0.25, 0.3) is 0 Å². The SMILES string of the molecule is COc1cccc(CCNS(=O)(=O)c2ccccc2C#N)c1. The monoisotopic (exact) mass is 316 g/mol. The maximum absolute atomic E-state index is 12.2. The molecule has 0 saturated carbocycles. The number of nitriles is 1. The topological polar surface area (TPSA) is 79.2 Å². The van der Waals surface area contributed by atoms with E-state index in [1.165, 1.54) is 12.1 Å². The van der Waals surface area contributed by atoms with E-state index in [0.29, 0.717) is 6.42 Å². The minimum atomic E-state index is -3.69. The van der Waals surface area contributed by atoms with Gasteiger partial charge in [-0.3, -0.25) is 0 Å². The number of benzene rings is 2. The first-order chi connectivity index (χ1) is 10.6. The van der Waals surface area contributed by atoms with Crippen LogP contribution >= 0.6 is 0 Å². The maximum atomic E-state index is 12.2. The fourth-order valence-corrected chi connectivity index (χ4v) is 3.22. The zero-order chi connectivity index (χ0) is 16.0. The van der Waals surface area contributed by atoms with E-state index in [4.69, 9.17) is 10.00 Å². The molecule has 6 heteroatoms. The molecule has 0 saturated heterocycles. The van der Waals surface area contributed by atoms with Crippen molar-refractivity contribution < 1.29 is 13.2 Å². The van der Waals surface area contributed by atoms with Gasteiger partial charge < -0.3 is 4.74 Å². The van der Waals surface area contributed by atoms with E-state index in [1.807, 2.05) is 30.3 Å². The third-order valence-electron chi connectivity index (χ3n) is 3.14. The van der Waals surface area contributed by atoms with Crippen LogP contribution in [0.1, 0.15) is 11.1 Å². The lowest BCUT2D eigenvalue weighted by Crippen LogP contribution is -2.26. The quantitative estimate of drug-likeness (QED) is 0.885. The molecule has 2 aromatic rings. The van der Waals surface area contributed by atoms with Crippen LogP contribution in [0.4, 0.5) is 0 Å². The summed E-state index contributed by atoms with van der Waals surface area (Å²) >= 11 is 0. The Morgan fingerprint density at radius 2 is 1.95 bits per heavy atom. The van der Waals surface area contributed by atoms with Crippen molar-refractivity contribution in [2.75, 3.05) is 13.7 Å². The predicted molar refractivity (Wildman–Crippen MR) is 83.0 cm³/mol. The highest BCUT2D eigenvalue weighted by atomic mass is 32.2. The largest absolute Gasteiger partial charge is 0.497 e. The van der Waals surface area contributed by atoms with E-state index in [2.05, 4.69) is 4.72 Å². The zero-order valence-electron chi connectivity index (χ0n) is 12.1. The first kappa shape index (κ1) is 16.0. The molecule has 0 spiro atoms. The number of methoxy groups -OCH3 is 1. The molecule has 0 unspecified atom stereocenters. The Morgan fingerprint density at radius 1 is 1.18 bits per heavy atom. The molecule has 0 radical (unpaired) electrons. The van der Waals surface area contributed by atoms with Crippen molar-refractivity contribution in [1.29, 1.82) is 5.26 Å². The summed E-state index contributed by atoms with van der Waals surface area (Å²) in [4.78, 5) is 0.00291. The molecule has 0 aliphatic heterocycles. The molecule has 0 atom stereocenters. The summed E-state index contributed by atoms with van der Waals surface area (Å²) in [5.74, 6) is 0.732. The lowest BCUT2D eigenvalue weighted by molar-refractivity contribution is 0.414. The molecule has 2 rings (SSSR count). The molecule has 114 valence electrons. The van der Waals surface area contributed by atoms with Gasteiger partial charge in [-0.2, -0.15) is 5.26 Å². The van der Waals surface area contributed by atoms with Gasteiger partial charge in [-0.05, 0) is 36.2 Å². The van der Waals surface area contributed by atoms with E-state index in [-0.39, 0.29) is 17.0 Å². The predicted octanol–water partition coefficient (Wildman–Crippen LogP) is 2.09. The maximum Gasteiger partial charge on any atom is 0.241 e. The number of nitrogens with one attached hydrogen (secondary N) is 1. The minimum absolute atomic E-state index is 0.00291. The van der Waals surface area contributed by atoms with Crippen molar-refractivity contribution in [3.8, 4) is 11.8 Å². The zero-order valence-corrected chi connectivity index (χ0v) is 12.9. The molecule has 0 aliphatic carbocycles. The first-order valence-corrected chi connectivity index (χ1v) is 8.17. The standard InChI is InChI=1S/C16H16N2O3S/c1-21-15-7-4-5-13(11-15)9-10-18-22(19,20)16-8-3-2-6-14(16)12-17/h2-8,11,18H,9-10H2,1H3. The number of nitrogens with zero attached hydrogens (tertiary/aromatic N) is 1. The van der Waals surface area contributed by atoms with Crippen LogP contribution in [0, 0.1) is 11.3 Å². The third-order valence-corrected chi connectivity index (χ3v) is 4.66. The first-order valence-electron chi connectivity index (χ1n) is 6.68. The smallest absolute Gasteiger partial charge is 0.241 e. The molecule has 0 bridgehead atoms. The Labute approximate surface area is 130 Å². The fraction of sp³-hybridized carbons (Fsp3) is 0.188. The van der Waals surface area contributed by atoms with Crippen LogP contribution in [0.15, 0.2) is 53.4 Å². The number of sulfonamides is 1.